The minimum atomic E-state index is -4.17. The minimum Gasteiger partial charge on any atom is -0.508 e. The largest absolute Gasteiger partial charge is 0.508 e. The van der Waals surface area contributed by atoms with E-state index >= 15 is 0 Å². The summed E-state index contributed by atoms with van der Waals surface area (Å²) in [7, 11) is 0. The molecule has 160 valence electrons. The molecule has 1 N–H and O–H groups in total. The third kappa shape index (κ3) is 3.75. The number of hydrogen-bond donors (Lipinski definition) is 1. The highest BCUT2D eigenvalue weighted by molar-refractivity contribution is 9.18. The Morgan fingerprint density at radius 3 is 2.76 bits per heavy atom. The Kier molecular flexibility index (Phi) is 5.54. The van der Waals surface area contributed by atoms with Gasteiger partial charge in [0.15, 0.2) is 4.69 Å². The molecule has 2 nitrogen and oxygen atoms in total. The van der Waals surface area contributed by atoms with Gasteiger partial charge in [-0.15, -0.1) is 0 Å². The van der Waals surface area contributed by atoms with Gasteiger partial charge in [-0.3, -0.25) is 4.79 Å². The predicted molar refractivity (Wildman–Crippen MR) is 109 cm³/mol. The zero-order valence-corrected chi connectivity index (χ0v) is 18.2. The van der Waals surface area contributed by atoms with E-state index in [-0.39, 0.29) is 40.5 Å². The number of rotatable bonds is 4. The Balaban J connectivity index is 1.66. The number of alkyl halides is 3. The number of phenols is 1. The van der Waals surface area contributed by atoms with E-state index in [1.807, 2.05) is 19.1 Å². The van der Waals surface area contributed by atoms with Gasteiger partial charge in [-0.25, -0.2) is 0 Å². The molecule has 6 heteroatoms. The van der Waals surface area contributed by atoms with Crippen LogP contribution >= 0.6 is 15.9 Å². The van der Waals surface area contributed by atoms with Crippen LogP contribution in [0.2, 0.25) is 0 Å². The van der Waals surface area contributed by atoms with Crippen LogP contribution < -0.4 is 0 Å². The van der Waals surface area contributed by atoms with E-state index in [0.717, 1.165) is 24.8 Å². The molecule has 2 unspecified atom stereocenters. The first-order chi connectivity index (χ1) is 13.6. The van der Waals surface area contributed by atoms with Crippen LogP contribution in [-0.2, 0) is 11.2 Å². The second kappa shape index (κ2) is 7.58. The zero-order valence-electron chi connectivity index (χ0n) is 16.6. The van der Waals surface area contributed by atoms with Gasteiger partial charge in [0, 0.05) is 6.42 Å². The maximum absolute atomic E-state index is 14.0. The average molecular weight is 473 g/mol. The van der Waals surface area contributed by atoms with Gasteiger partial charge in [-0.2, -0.15) is 13.2 Å². The van der Waals surface area contributed by atoms with Crippen molar-refractivity contribution < 1.29 is 23.1 Å². The summed E-state index contributed by atoms with van der Waals surface area (Å²) in [5.41, 5.74) is 1.67. The molecule has 1 aromatic rings. The highest BCUT2D eigenvalue weighted by atomic mass is 79.9. The first-order valence-corrected chi connectivity index (χ1v) is 11.5. The van der Waals surface area contributed by atoms with Crippen LogP contribution in [0.4, 0.5) is 13.2 Å². The fourth-order valence-corrected chi connectivity index (χ4v) is 7.45. The normalized spacial score (nSPS) is 36.2. The lowest BCUT2D eigenvalue weighted by molar-refractivity contribution is -0.208. The minimum absolute atomic E-state index is 0.0185. The molecule has 0 aromatic heterocycles. The number of carbonyl (C=O) groups is 1. The van der Waals surface area contributed by atoms with E-state index in [9.17, 15) is 23.1 Å². The fourth-order valence-electron chi connectivity index (χ4n) is 7.17. The van der Waals surface area contributed by atoms with E-state index < -0.39 is 17.5 Å². The zero-order chi connectivity index (χ0) is 21.0. The Morgan fingerprint density at radius 1 is 1.31 bits per heavy atom. The van der Waals surface area contributed by atoms with Crippen molar-refractivity contribution in [2.24, 2.45) is 29.1 Å². The number of phenolic OH excluding ortho intramolecular Hbond substituents is 1. The first kappa shape index (κ1) is 21.2. The van der Waals surface area contributed by atoms with Gasteiger partial charge < -0.3 is 5.11 Å². The van der Waals surface area contributed by atoms with E-state index in [1.165, 1.54) is 5.56 Å². The predicted octanol–water partition coefficient (Wildman–Crippen LogP) is 6.74. The highest BCUT2D eigenvalue weighted by Crippen LogP contribution is 2.68. The maximum Gasteiger partial charge on any atom is 0.392 e. The second-order valence-electron chi connectivity index (χ2n) is 9.60. The van der Waals surface area contributed by atoms with Crippen molar-refractivity contribution in [3.63, 3.8) is 0 Å². The number of halogens is 4. The lowest BCUT2D eigenvalue weighted by Crippen LogP contribution is -2.46. The lowest BCUT2D eigenvalue weighted by Gasteiger charge is -2.52. The smallest absolute Gasteiger partial charge is 0.392 e. The SMILES string of the molecule is C[C@]12CC[C@@H]3c4ccc(O)cc4CC[C@H]3[C@@H]1C(CCCC(=O)Br)CC2C(F)(F)F. The van der Waals surface area contributed by atoms with Crippen LogP contribution in [0.3, 0.4) is 0 Å². The molecule has 3 aliphatic rings. The summed E-state index contributed by atoms with van der Waals surface area (Å²) in [6.07, 6.45) is 0.841. The van der Waals surface area contributed by atoms with E-state index in [4.69, 9.17) is 0 Å². The van der Waals surface area contributed by atoms with Crippen LogP contribution in [0.25, 0.3) is 0 Å². The fraction of sp³-hybridized carbons (Fsp3) is 0.696. The van der Waals surface area contributed by atoms with Crippen molar-refractivity contribution >= 4 is 20.6 Å². The van der Waals surface area contributed by atoms with Crippen molar-refractivity contribution in [3.05, 3.63) is 29.3 Å². The van der Waals surface area contributed by atoms with Crippen molar-refractivity contribution in [1.29, 1.82) is 0 Å². The maximum atomic E-state index is 14.0. The number of aryl methyl sites for hydroxylation is 1. The van der Waals surface area contributed by atoms with Crippen molar-refractivity contribution in [2.75, 3.05) is 0 Å². The Bertz CT molecular complexity index is 793. The molecule has 0 heterocycles. The van der Waals surface area contributed by atoms with Gasteiger partial charge in [0.2, 0.25) is 0 Å². The average Bonchev–Trinajstić information content (AvgIpc) is 2.94. The third-order valence-electron chi connectivity index (χ3n) is 8.19. The molecule has 0 bridgehead atoms. The van der Waals surface area contributed by atoms with Crippen molar-refractivity contribution in [3.8, 4) is 5.75 Å². The molecule has 0 radical (unpaired) electrons. The Hall–Kier alpha value is -1.04. The topological polar surface area (TPSA) is 37.3 Å². The van der Waals surface area contributed by atoms with Crippen LogP contribution in [0.15, 0.2) is 18.2 Å². The van der Waals surface area contributed by atoms with E-state index in [1.54, 1.807) is 6.07 Å². The molecule has 2 fully saturated rings. The molecule has 29 heavy (non-hydrogen) atoms. The summed E-state index contributed by atoms with van der Waals surface area (Å²) in [5, 5.41) is 9.83. The van der Waals surface area contributed by atoms with Gasteiger partial charge in [0.05, 0.1) is 5.92 Å². The summed E-state index contributed by atoms with van der Waals surface area (Å²) < 4.78 is 42.0. The summed E-state index contributed by atoms with van der Waals surface area (Å²) in [5.74, 6) is -0.386. The third-order valence-corrected chi connectivity index (χ3v) is 8.59. The molecular formula is C23H28BrF3O2. The lowest BCUT2D eigenvalue weighted by atomic mass is 9.52. The van der Waals surface area contributed by atoms with Crippen LogP contribution in [-0.4, -0.2) is 16.0 Å². The number of hydrogen-bond acceptors (Lipinski definition) is 2. The molecule has 0 saturated heterocycles. The molecule has 4 rings (SSSR count). The van der Waals surface area contributed by atoms with Crippen molar-refractivity contribution in [1.82, 2.24) is 0 Å². The molecule has 1 aromatic carbocycles. The first-order valence-electron chi connectivity index (χ1n) is 10.7. The van der Waals surface area contributed by atoms with Crippen LogP contribution in [0, 0.1) is 29.1 Å². The van der Waals surface area contributed by atoms with Crippen LogP contribution in [0.1, 0.15) is 68.9 Å². The molecule has 0 spiro atoms. The standard InChI is InChI=1S/C23H28BrF3O2/c1-22-10-9-17-16-8-6-15(28)11-13(16)5-7-18(17)21(22)14(3-2-4-20(24)29)12-19(22)23(25,26)27/h6,8,11,14,17-19,21,28H,2-5,7,9-10,12H2,1H3/t14?,17-,18-,19?,21+,22-/m1/s1. The Morgan fingerprint density at radius 2 is 2.07 bits per heavy atom. The quantitative estimate of drug-likeness (QED) is 0.492. The highest BCUT2D eigenvalue weighted by Gasteiger charge is 2.64. The van der Waals surface area contributed by atoms with Gasteiger partial charge in [-0.05, 0) is 113 Å². The van der Waals surface area contributed by atoms with Gasteiger partial charge in [-0.1, -0.05) is 13.0 Å². The number of aromatic hydroxyl groups is 1. The van der Waals surface area contributed by atoms with Gasteiger partial charge >= 0.3 is 6.18 Å². The second-order valence-corrected chi connectivity index (χ2v) is 10.5. The summed E-state index contributed by atoms with van der Waals surface area (Å²) in [6, 6.07) is 5.52. The number of carbonyl (C=O) groups excluding carboxylic acids is 1. The van der Waals surface area contributed by atoms with Gasteiger partial charge in [0.1, 0.15) is 5.75 Å². The van der Waals surface area contributed by atoms with E-state index in [2.05, 4.69) is 15.9 Å². The summed E-state index contributed by atoms with van der Waals surface area (Å²) >= 11 is 2.95. The number of fused-ring (bicyclic) bond motifs is 5. The van der Waals surface area contributed by atoms with Crippen LogP contribution in [0.5, 0.6) is 5.75 Å². The molecule has 3 aliphatic carbocycles. The molecular weight excluding hydrogens is 445 g/mol. The Labute approximate surface area is 178 Å². The summed E-state index contributed by atoms with van der Waals surface area (Å²) in [6.45, 7) is 1.88. The van der Waals surface area contributed by atoms with Crippen molar-refractivity contribution in [2.45, 2.75) is 70.4 Å². The molecule has 2 saturated carbocycles. The molecule has 0 amide bonds. The molecule has 0 aliphatic heterocycles. The van der Waals surface area contributed by atoms with Gasteiger partial charge in [0.25, 0.3) is 0 Å². The monoisotopic (exact) mass is 472 g/mol. The molecule has 6 atom stereocenters. The van der Waals surface area contributed by atoms with E-state index in [0.29, 0.717) is 25.7 Å². The number of benzene rings is 1. The summed E-state index contributed by atoms with van der Waals surface area (Å²) in [4.78, 5) is 11.3.